The first-order chi connectivity index (χ1) is 17.5. The van der Waals surface area contributed by atoms with Gasteiger partial charge < -0.3 is 19.3 Å². The minimum absolute atomic E-state index is 0.00706. The van der Waals surface area contributed by atoms with Gasteiger partial charge in [-0.3, -0.25) is 4.57 Å². The number of hydrogen-bond acceptors (Lipinski definition) is 3. The largest absolute Gasteiger partial charge is 0.493 e. The molecule has 0 unspecified atom stereocenters. The molecule has 0 heterocycles. The van der Waals surface area contributed by atoms with Crippen molar-refractivity contribution >= 4 is 7.60 Å². The van der Waals surface area contributed by atoms with Crippen molar-refractivity contribution < 1.29 is 23.8 Å². The molecule has 36 heavy (non-hydrogen) atoms. The maximum absolute atomic E-state index is 10.9. The third kappa shape index (κ3) is 13.3. The van der Waals surface area contributed by atoms with Gasteiger partial charge in [0.15, 0.2) is 0 Å². The highest BCUT2D eigenvalue weighted by Crippen LogP contribution is 2.39. The topological polar surface area (TPSA) is 76.0 Å². The van der Waals surface area contributed by atoms with E-state index in [9.17, 15) is 4.57 Å². The summed E-state index contributed by atoms with van der Waals surface area (Å²) in [5, 5.41) is 0. The zero-order valence-electron chi connectivity index (χ0n) is 21.8. The van der Waals surface area contributed by atoms with Gasteiger partial charge in [0, 0.05) is 6.16 Å². The van der Waals surface area contributed by atoms with E-state index in [1.165, 1.54) is 32.1 Å². The fraction of sp³-hybridized carbons (Fsp3) is 0.533. The minimum atomic E-state index is -3.85. The van der Waals surface area contributed by atoms with E-state index in [-0.39, 0.29) is 6.16 Å². The van der Waals surface area contributed by atoms with Crippen LogP contribution in [0.4, 0.5) is 0 Å². The zero-order valence-corrected chi connectivity index (χ0v) is 22.7. The second-order valence-corrected chi connectivity index (χ2v) is 11.2. The van der Waals surface area contributed by atoms with E-state index < -0.39 is 7.60 Å². The van der Waals surface area contributed by atoms with Crippen molar-refractivity contribution in [2.45, 2.75) is 83.5 Å². The first-order valence-corrected chi connectivity index (χ1v) is 15.4. The van der Waals surface area contributed by atoms with Crippen LogP contribution in [-0.2, 0) is 4.57 Å². The Balaban J connectivity index is 1.79. The molecule has 200 valence electrons. The van der Waals surface area contributed by atoms with Gasteiger partial charge >= 0.3 is 7.60 Å². The van der Waals surface area contributed by atoms with Gasteiger partial charge in [0.25, 0.3) is 0 Å². The molecule has 0 radical (unpaired) electrons. The normalized spacial score (nSPS) is 11.4. The van der Waals surface area contributed by atoms with Crippen LogP contribution in [0.3, 0.4) is 0 Å². The summed E-state index contributed by atoms with van der Waals surface area (Å²) >= 11 is 0. The van der Waals surface area contributed by atoms with Crippen molar-refractivity contribution in [3.63, 3.8) is 0 Å². The molecule has 0 amide bonds. The van der Waals surface area contributed by atoms with Gasteiger partial charge in [-0.25, -0.2) is 0 Å². The third-order valence-corrected chi connectivity index (χ3v) is 7.11. The van der Waals surface area contributed by atoms with Crippen molar-refractivity contribution in [3.05, 3.63) is 61.2 Å². The van der Waals surface area contributed by atoms with Gasteiger partial charge in [0.1, 0.15) is 11.5 Å². The second-order valence-electron chi connectivity index (χ2n) is 9.40. The molecule has 2 aromatic carbocycles. The van der Waals surface area contributed by atoms with Gasteiger partial charge in [-0.15, -0.1) is 6.58 Å². The number of benzene rings is 2. The first kappa shape index (κ1) is 30.2. The predicted octanol–water partition coefficient (Wildman–Crippen LogP) is 8.55. The minimum Gasteiger partial charge on any atom is -0.493 e. The summed E-state index contributed by atoms with van der Waals surface area (Å²) in [4.78, 5) is 17.8. The lowest BCUT2D eigenvalue weighted by molar-refractivity contribution is 0.292. The van der Waals surface area contributed by atoms with E-state index in [2.05, 4.69) is 18.7 Å². The molecule has 0 aliphatic rings. The van der Waals surface area contributed by atoms with Crippen LogP contribution in [0, 0.1) is 0 Å². The van der Waals surface area contributed by atoms with Crippen molar-refractivity contribution in [2.75, 3.05) is 19.4 Å². The molecule has 0 saturated carbocycles. The molecule has 0 bridgehead atoms. The zero-order chi connectivity index (χ0) is 25.9. The molecular weight excluding hydrogens is 471 g/mol. The summed E-state index contributed by atoms with van der Waals surface area (Å²) in [6, 6.07) is 16.3. The number of hydrogen-bond donors (Lipinski definition) is 2. The van der Waals surface area contributed by atoms with E-state index in [1.807, 2.05) is 42.5 Å². The van der Waals surface area contributed by atoms with Crippen LogP contribution >= 0.6 is 7.60 Å². The quantitative estimate of drug-likeness (QED) is 0.0987. The third-order valence-electron chi connectivity index (χ3n) is 6.21. The van der Waals surface area contributed by atoms with Crippen molar-refractivity contribution in [1.29, 1.82) is 0 Å². The van der Waals surface area contributed by atoms with Gasteiger partial charge in [-0.2, -0.15) is 0 Å². The summed E-state index contributed by atoms with van der Waals surface area (Å²) in [5.74, 6) is 1.72. The first-order valence-electron chi connectivity index (χ1n) is 13.6. The highest BCUT2D eigenvalue weighted by atomic mass is 31.2. The molecule has 0 saturated heterocycles. The summed E-state index contributed by atoms with van der Waals surface area (Å²) < 4.78 is 23.3. The Labute approximate surface area is 218 Å². The lowest BCUT2D eigenvalue weighted by Gasteiger charge is -2.17. The monoisotopic (exact) mass is 516 g/mol. The SMILES string of the molecule is C=CCCCCCCCCOc1cccc(OCCCCCCCCP(=O)(O)O)c1-c1ccccc1. The maximum atomic E-state index is 10.9. The van der Waals surface area contributed by atoms with E-state index >= 15 is 0 Å². The smallest absolute Gasteiger partial charge is 0.325 e. The van der Waals surface area contributed by atoms with Gasteiger partial charge in [0.2, 0.25) is 0 Å². The fourth-order valence-electron chi connectivity index (χ4n) is 4.23. The summed E-state index contributed by atoms with van der Waals surface area (Å²) in [6.45, 7) is 5.12. The predicted molar refractivity (Wildman–Crippen MR) is 150 cm³/mol. The van der Waals surface area contributed by atoms with Crippen LogP contribution < -0.4 is 9.47 Å². The molecule has 0 aliphatic heterocycles. The summed E-state index contributed by atoms with van der Waals surface area (Å²) in [6.07, 6.45) is 15.9. The van der Waals surface area contributed by atoms with Crippen molar-refractivity contribution in [1.82, 2.24) is 0 Å². The van der Waals surface area contributed by atoms with Crippen LogP contribution in [0.25, 0.3) is 11.1 Å². The van der Waals surface area contributed by atoms with Gasteiger partial charge in [0.05, 0.1) is 18.8 Å². The summed E-state index contributed by atoms with van der Waals surface area (Å²) in [7, 11) is -3.85. The van der Waals surface area contributed by atoms with Crippen LogP contribution in [-0.4, -0.2) is 29.2 Å². The van der Waals surface area contributed by atoms with E-state index in [0.29, 0.717) is 19.6 Å². The number of allylic oxidation sites excluding steroid dienone is 1. The second kappa shape index (κ2) is 18.2. The Morgan fingerprint density at radius 3 is 1.69 bits per heavy atom. The average molecular weight is 517 g/mol. The Kier molecular flexibility index (Phi) is 15.3. The van der Waals surface area contributed by atoms with Crippen LogP contribution in [0.5, 0.6) is 11.5 Å². The van der Waals surface area contributed by atoms with Gasteiger partial charge in [-0.1, -0.05) is 93.8 Å². The summed E-state index contributed by atoms with van der Waals surface area (Å²) in [5.41, 5.74) is 2.11. The molecule has 0 spiro atoms. The molecule has 0 aliphatic carbocycles. The Morgan fingerprint density at radius 2 is 1.17 bits per heavy atom. The molecule has 5 nitrogen and oxygen atoms in total. The average Bonchev–Trinajstić information content (AvgIpc) is 2.86. The molecule has 0 aromatic heterocycles. The Bertz CT molecular complexity index is 893. The molecular formula is C30H45O5P. The molecule has 2 N–H and O–H groups in total. The van der Waals surface area contributed by atoms with Crippen molar-refractivity contribution in [3.8, 4) is 22.6 Å². The fourth-order valence-corrected chi connectivity index (χ4v) is 4.87. The van der Waals surface area contributed by atoms with Crippen LogP contribution in [0.1, 0.15) is 83.5 Å². The number of rotatable bonds is 21. The van der Waals surface area contributed by atoms with Crippen LogP contribution in [0.2, 0.25) is 0 Å². The standard InChI is InChI=1S/C30H45O5P/c1-2-3-4-5-6-7-10-16-24-34-28-22-19-23-29(30(28)27-20-14-13-15-21-27)35-25-17-11-8-9-12-18-26-36(31,32)33/h2,13-15,19-23H,1,3-12,16-18,24-26H2,(H2,31,32,33). The highest BCUT2D eigenvalue weighted by Gasteiger charge is 2.14. The van der Waals surface area contributed by atoms with E-state index in [4.69, 9.17) is 19.3 Å². The van der Waals surface area contributed by atoms with Crippen molar-refractivity contribution in [2.24, 2.45) is 0 Å². The number of unbranched alkanes of at least 4 members (excludes halogenated alkanes) is 11. The van der Waals surface area contributed by atoms with E-state index in [1.54, 1.807) is 0 Å². The molecule has 0 fully saturated rings. The maximum Gasteiger partial charge on any atom is 0.325 e. The molecule has 6 heteroatoms. The Hall–Kier alpha value is -2.07. The lowest BCUT2D eigenvalue weighted by Crippen LogP contribution is -2.03. The highest BCUT2D eigenvalue weighted by molar-refractivity contribution is 7.51. The molecule has 0 atom stereocenters. The molecule has 2 rings (SSSR count). The number of ether oxygens (including phenoxy) is 2. The Morgan fingerprint density at radius 1 is 0.667 bits per heavy atom. The van der Waals surface area contributed by atoms with Gasteiger partial charge in [-0.05, 0) is 49.8 Å². The lowest BCUT2D eigenvalue weighted by atomic mass is 10.0. The molecule has 2 aromatic rings. The van der Waals surface area contributed by atoms with E-state index in [0.717, 1.165) is 67.6 Å². The van der Waals surface area contributed by atoms with Crippen LogP contribution in [0.15, 0.2) is 61.2 Å².